The number of hydrogen-bond acceptors (Lipinski definition) is 3. The SMILES string of the molecule is [B][C@@H]1OC2(CC)COC1C2N. The van der Waals surface area contributed by atoms with E-state index in [-0.39, 0.29) is 23.8 Å². The summed E-state index contributed by atoms with van der Waals surface area (Å²) in [6, 6.07) is -0.360. The molecule has 2 heterocycles. The van der Waals surface area contributed by atoms with Crippen LogP contribution in [0.4, 0.5) is 0 Å². The van der Waals surface area contributed by atoms with Crippen molar-refractivity contribution >= 4 is 7.85 Å². The van der Waals surface area contributed by atoms with Gasteiger partial charge in [0.05, 0.1) is 18.8 Å². The lowest BCUT2D eigenvalue weighted by Crippen LogP contribution is -2.44. The Morgan fingerprint density at radius 2 is 2.45 bits per heavy atom. The second-order valence-corrected chi connectivity index (χ2v) is 3.30. The molecule has 2 rings (SSSR count). The zero-order valence-corrected chi connectivity index (χ0v) is 6.62. The smallest absolute Gasteiger partial charge is 0.112 e. The lowest BCUT2D eigenvalue weighted by Gasteiger charge is -2.28. The molecule has 0 saturated carbocycles. The fourth-order valence-corrected chi connectivity index (χ4v) is 1.91. The standard InChI is InChI=1S/C7H12BNO2/c1-2-7-3-10-4(5(7)9)6(8)11-7/h4-6H,2-3,9H2,1H3/t4?,5?,6-,7?/m1/s1. The van der Waals surface area contributed by atoms with Crippen LogP contribution in [0.15, 0.2) is 0 Å². The van der Waals surface area contributed by atoms with E-state index in [0.717, 1.165) is 6.42 Å². The lowest BCUT2D eigenvalue weighted by molar-refractivity contribution is -0.114. The number of nitrogens with two attached hydrogens (primary N) is 1. The van der Waals surface area contributed by atoms with Crippen LogP contribution in [-0.4, -0.2) is 38.2 Å². The molecule has 11 heavy (non-hydrogen) atoms. The maximum Gasteiger partial charge on any atom is 0.112 e. The van der Waals surface area contributed by atoms with Crippen LogP contribution in [0, 0.1) is 0 Å². The third kappa shape index (κ3) is 0.804. The first-order valence-electron chi connectivity index (χ1n) is 4.00. The minimum absolute atomic E-state index is 0.0394. The monoisotopic (exact) mass is 153 g/mol. The van der Waals surface area contributed by atoms with Gasteiger partial charge in [0.2, 0.25) is 0 Å². The fourth-order valence-electron chi connectivity index (χ4n) is 1.91. The molecule has 2 bridgehead atoms. The van der Waals surface area contributed by atoms with Crippen LogP contribution in [0.25, 0.3) is 0 Å². The van der Waals surface area contributed by atoms with Gasteiger partial charge < -0.3 is 15.2 Å². The van der Waals surface area contributed by atoms with Crippen LogP contribution >= 0.6 is 0 Å². The van der Waals surface area contributed by atoms with Crippen molar-refractivity contribution in [3.63, 3.8) is 0 Å². The van der Waals surface area contributed by atoms with Gasteiger partial charge in [-0.3, -0.25) is 0 Å². The van der Waals surface area contributed by atoms with E-state index in [9.17, 15) is 0 Å². The second-order valence-electron chi connectivity index (χ2n) is 3.30. The van der Waals surface area contributed by atoms with Gasteiger partial charge in [-0.25, -0.2) is 0 Å². The van der Waals surface area contributed by atoms with Gasteiger partial charge in [0.15, 0.2) is 0 Å². The van der Waals surface area contributed by atoms with E-state index in [1.165, 1.54) is 0 Å². The summed E-state index contributed by atoms with van der Waals surface area (Å²) in [7, 11) is 5.64. The molecule has 0 aliphatic carbocycles. The molecule has 2 radical (unpaired) electrons. The first kappa shape index (κ1) is 7.59. The summed E-state index contributed by atoms with van der Waals surface area (Å²) >= 11 is 0. The molecule has 60 valence electrons. The molecule has 3 unspecified atom stereocenters. The number of rotatable bonds is 1. The van der Waals surface area contributed by atoms with Gasteiger partial charge in [0.1, 0.15) is 13.4 Å². The third-order valence-electron chi connectivity index (χ3n) is 2.77. The molecule has 3 nitrogen and oxygen atoms in total. The number of hydrogen-bond donors (Lipinski definition) is 1. The first-order chi connectivity index (χ1) is 5.19. The van der Waals surface area contributed by atoms with Crippen molar-refractivity contribution in [1.29, 1.82) is 0 Å². The van der Waals surface area contributed by atoms with Gasteiger partial charge in [0, 0.05) is 6.00 Å². The summed E-state index contributed by atoms with van der Waals surface area (Å²) in [5.74, 6) is 0. The van der Waals surface area contributed by atoms with E-state index in [2.05, 4.69) is 0 Å². The average Bonchev–Trinajstić information content (AvgIpc) is 2.42. The average molecular weight is 153 g/mol. The fraction of sp³-hybridized carbons (Fsp3) is 1.00. The zero-order chi connectivity index (χ0) is 8.06. The molecule has 0 aromatic carbocycles. The largest absolute Gasteiger partial charge is 0.375 e. The van der Waals surface area contributed by atoms with Crippen molar-refractivity contribution < 1.29 is 9.47 Å². The van der Waals surface area contributed by atoms with Crippen LogP contribution in [0.1, 0.15) is 13.3 Å². The highest BCUT2D eigenvalue weighted by molar-refractivity contribution is 6.11. The van der Waals surface area contributed by atoms with E-state index in [1.54, 1.807) is 0 Å². The van der Waals surface area contributed by atoms with Crippen LogP contribution in [0.5, 0.6) is 0 Å². The number of ether oxygens (including phenoxy) is 2. The molecular formula is C7H12BNO2. The Labute approximate surface area is 67.6 Å². The van der Waals surface area contributed by atoms with E-state index >= 15 is 0 Å². The highest BCUT2D eigenvalue weighted by Crippen LogP contribution is 2.39. The quantitative estimate of drug-likeness (QED) is 0.511. The predicted molar refractivity (Wildman–Crippen MR) is 41.4 cm³/mol. The van der Waals surface area contributed by atoms with E-state index in [1.807, 2.05) is 6.92 Å². The van der Waals surface area contributed by atoms with Crippen LogP contribution in [-0.2, 0) is 9.47 Å². The van der Waals surface area contributed by atoms with Crippen LogP contribution in [0.3, 0.4) is 0 Å². The molecule has 0 amide bonds. The lowest BCUT2D eigenvalue weighted by atomic mass is 9.89. The molecule has 0 aromatic heterocycles. The Morgan fingerprint density at radius 3 is 2.73 bits per heavy atom. The molecule has 2 aliphatic rings. The van der Waals surface area contributed by atoms with Gasteiger partial charge in [-0.05, 0) is 6.42 Å². The normalized spacial score (nSPS) is 55.3. The Hall–Kier alpha value is -0.0551. The van der Waals surface area contributed by atoms with Crippen molar-refractivity contribution in [2.24, 2.45) is 5.73 Å². The van der Waals surface area contributed by atoms with E-state index < -0.39 is 0 Å². The maximum atomic E-state index is 5.89. The predicted octanol–water partition coefficient (Wildman–Crippen LogP) is -0.614. The summed E-state index contributed by atoms with van der Waals surface area (Å²) < 4.78 is 10.9. The summed E-state index contributed by atoms with van der Waals surface area (Å²) in [6.45, 7) is 2.65. The summed E-state index contributed by atoms with van der Waals surface area (Å²) in [4.78, 5) is 0. The zero-order valence-electron chi connectivity index (χ0n) is 6.62. The molecule has 2 fully saturated rings. The Morgan fingerprint density at radius 1 is 1.73 bits per heavy atom. The molecule has 4 atom stereocenters. The highest BCUT2D eigenvalue weighted by Gasteiger charge is 2.56. The second kappa shape index (κ2) is 2.22. The molecule has 0 aromatic rings. The van der Waals surface area contributed by atoms with Gasteiger partial charge in [-0.2, -0.15) is 0 Å². The van der Waals surface area contributed by atoms with E-state index in [0.29, 0.717) is 6.61 Å². The maximum absolute atomic E-state index is 5.89. The van der Waals surface area contributed by atoms with Gasteiger partial charge in [-0.1, -0.05) is 6.92 Å². The molecule has 2 saturated heterocycles. The van der Waals surface area contributed by atoms with Crippen molar-refractivity contribution in [2.45, 2.75) is 37.1 Å². The van der Waals surface area contributed by atoms with Crippen LogP contribution in [0.2, 0.25) is 0 Å². The number of fused-ring (bicyclic) bond motifs is 2. The van der Waals surface area contributed by atoms with Crippen LogP contribution < -0.4 is 5.73 Å². The molecule has 2 N–H and O–H groups in total. The third-order valence-corrected chi connectivity index (χ3v) is 2.77. The Bertz CT molecular complexity index is 178. The molecular weight excluding hydrogens is 141 g/mol. The molecule has 4 heteroatoms. The minimum atomic E-state index is -0.321. The van der Waals surface area contributed by atoms with Crippen molar-refractivity contribution in [2.75, 3.05) is 6.61 Å². The highest BCUT2D eigenvalue weighted by atomic mass is 16.6. The van der Waals surface area contributed by atoms with Crippen molar-refractivity contribution in [1.82, 2.24) is 0 Å². The van der Waals surface area contributed by atoms with E-state index in [4.69, 9.17) is 23.1 Å². The minimum Gasteiger partial charge on any atom is -0.375 e. The van der Waals surface area contributed by atoms with Crippen molar-refractivity contribution in [3.05, 3.63) is 0 Å². The van der Waals surface area contributed by atoms with Gasteiger partial charge >= 0.3 is 0 Å². The van der Waals surface area contributed by atoms with Gasteiger partial charge in [0.25, 0.3) is 0 Å². The topological polar surface area (TPSA) is 44.5 Å². The summed E-state index contributed by atoms with van der Waals surface area (Å²) in [5, 5.41) is 0. The summed E-state index contributed by atoms with van der Waals surface area (Å²) in [6.07, 6.45) is 0.785. The Kier molecular flexibility index (Phi) is 1.53. The van der Waals surface area contributed by atoms with Gasteiger partial charge in [-0.15, -0.1) is 0 Å². The molecule has 0 spiro atoms. The Balaban J connectivity index is 2.24. The first-order valence-corrected chi connectivity index (χ1v) is 4.00. The van der Waals surface area contributed by atoms with Crippen molar-refractivity contribution in [3.8, 4) is 0 Å². The molecule has 2 aliphatic heterocycles. The summed E-state index contributed by atoms with van der Waals surface area (Å²) in [5.41, 5.74) is 5.60.